The zero-order valence-electron chi connectivity index (χ0n) is 76.4. The number of hydrogen-bond donors (Lipinski definition) is 10. The monoisotopic (exact) mass is 1950 g/mol. The highest BCUT2D eigenvalue weighted by Gasteiger charge is 2.33. The number of nitrogens with two attached hydrogens (primary N) is 4. The Balaban J connectivity index is 0.000000155. The van der Waals surface area contributed by atoms with Crippen LogP contribution < -0.4 is 44.2 Å². The van der Waals surface area contributed by atoms with Gasteiger partial charge in [0.25, 0.3) is 23.6 Å². The van der Waals surface area contributed by atoms with E-state index in [2.05, 4.69) is 41.2 Å². The summed E-state index contributed by atoms with van der Waals surface area (Å²) in [6.45, 7) is 5.38. The third kappa shape index (κ3) is 25.3. The van der Waals surface area contributed by atoms with Crippen LogP contribution in [0.3, 0.4) is 0 Å². The smallest absolute Gasteiger partial charge is 0.254 e. The number of nitrogen functional groups attached to an aromatic ring is 4. The van der Waals surface area contributed by atoms with Gasteiger partial charge >= 0.3 is 0 Å². The van der Waals surface area contributed by atoms with Crippen molar-refractivity contribution in [3.63, 3.8) is 0 Å². The second kappa shape index (κ2) is 45.8. The molecule has 4 fully saturated rings. The second-order valence-electron chi connectivity index (χ2n) is 34.6. The van der Waals surface area contributed by atoms with E-state index in [1.54, 1.807) is 182 Å². The van der Waals surface area contributed by atoms with Crippen LogP contribution in [0, 0.1) is 23.3 Å². The van der Waals surface area contributed by atoms with Crippen molar-refractivity contribution in [1.82, 2.24) is 60.8 Å². The average Bonchev–Trinajstić information content (AvgIpc) is 0.804. The molecule has 4 aromatic heterocycles. The number of piperidine rings is 4. The van der Waals surface area contributed by atoms with Crippen molar-refractivity contribution in [2.45, 2.75) is 113 Å². The summed E-state index contributed by atoms with van der Waals surface area (Å²) in [5, 5.41) is 32.4. The summed E-state index contributed by atoms with van der Waals surface area (Å²) >= 11 is 24.0. The fraction of sp³-hybridized carbons (Fsp3) is 0.269. The number of amides is 8. The minimum absolute atomic E-state index is 0.0402. The van der Waals surface area contributed by atoms with Crippen molar-refractivity contribution in [2.75, 3.05) is 90.5 Å². The summed E-state index contributed by atoms with van der Waals surface area (Å²) in [7, 11) is 7.13. The molecular weight excluding hydrogens is 1850 g/mol. The Morgan fingerprint density at radius 2 is 0.630 bits per heavy atom. The number of hydrogen-bond acceptors (Lipinski definition) is 18. The summed E-state index contributed by atoms with van der Waals surface area (Å²) in [5.41, 5.74) is 34.6. The van der Waals surface area contributed by atoms with E-state index in [1.807, 2.05) is 50.2 Å². The quantitative estimate of drug-likeness (QED) is 0.0282. The maximum Gasteiger partial charge on any atom is 0.254 e. The van der Waals surface area contributed by atoms with Crippen molar-refractivity contribution in [2.24, 2.45) is 0 Å². The lowest BCUT2D eigenvalue weighted by molar-refractivity contribution is -0.133. The molecule has 138 heavy (non-hydrogen) atoms. The molecule has 1 unspecified atom stereocenters. The first kappa shape index (κ1) is 102. The lowest BCUT2D eigenvalue weighted by atomic mass is 9.88. The molecule has 26 nitrogen and oxygen atoms in total. The SMILES string of the molecule is CN1CC(c2cnc(N)c(-c3ccc(C(=O)N[C@H](CO)c4cccc(Cl)c4)c(F)c3)c2)CCC1=O.CN1C[C@@H](c2cnc(N)c(-c3ccc(C(=O)N[C@H](CO)c4cccc(Cl)c4)c(F)c3)c2)CCC1=O.C[C@@H](NC(=O)c1ccc(-c2cc([C@@H]3CCN(C)C(=O)C3)cnc2N)cc1F)c1cccc(Cl)c1.C[C@@H](NC(=O)c1ccc(-c2cc([C@H]3CCN(C)C(=O)C3)cnc2N)cc1F)c1cccc(Cl)c1. The molecule has 12 aromatic rings. The number of rotatable bonds is 22. The highest BCUT2D eigenvalue weighted by atomic mass is 35.5. The molecule has 8 amide bonds. The van der Waals surface area contributed by atoms with Crippen molar-refractivity contribution < 1.29 is 66.1 Å². The number of likely N-dealkylation sites (N-methyl/N-ethyl adjacent to an activating group) is 2. The molecule has 14 N–H and O–H groups in total. The second-order valence-corrected chi connectivity index (χ2v) is 36.4. The van der Waals surface area contributed by atoms with Gasteiger partial charge in [0, 0.05) is 159 Å². The summed E-state index contributed by atoms with van der Waals surface area (Å²) in [4.78, 5) is 123. The van der Waals surface area contributed by atoms with Crippen LogP contribution in [-0.4, -0.2) is 165 Å². The number of aromatic nitrogens is 4. The van der Waals surface area contributed by atoms with Crippen molar-refractivity contribution in [1.29, 1.82) is 0 Å². The molecule has 0 radical (unpaired) electrons. The Bertz CT molecular complexity index is 6200. The topological polar surface area (TPSA) is 394 Å². The third-order valence-corrected chi connectivity index (χ3v) is 26.1. The van der Waals surface area contributed by atoms with Crippen molar-refractivity contribution in [3.8, 4) is 44.5 Å². The van der Waals surface area contributed by atoms with Gasteiger partial charge in [0.15, 0.2) is 0 Å². The maximum atomic E-state index is 15.0. The number of halogens is 8. The Kier molecular flexibility index (Phi) is 33.7. The van der Waals surface area contributed by atoms with Gasteiger partial charge in [-0.1, -0.05) is 119 Å². The van der Waals surface area contributed by atoms with Crippen molar-refractivity contribution in [3.05, 3.63) is 329 Å². The van der Waals surface area contributed by atoms with E-state index in [0.717, 1.165) is 46.2 Å². The highest BCUT2D eigenvalue weighted by Crippen LogP contribution is 2.40. The molecular formula is C104H104Cl4F4N16O10. The van der Waals surface area contributed by atoms with Crippen LogP contribution in [-0.2, 0) is 19.2 Å². The first-order valence-corrected chi connectivity index (χ1v) is 46.1. The zero-order chi connectivity index (χ0) is 99.0. The predicted molar refractivity (Wildman–Crippen MR) is 527 cm³/mol. The third-order valence-electron chi connectivity index (χ3n) is 25.2. The van der Waals surface area contributed by atoms with Gasteiger partial charge in [0.1, 0.15) is 46.5 Å². The van der Waals surface area contributed by atoms with E-state index in [4.69, 9.17) is 69.3 Å². The molecule has 0 bridgehead atoms. The molecule has 4 aliphatic heterocycles. The van der Waals surface area contributed by atoms with Gasteiger partial charge in [0.2, 0.25) is 23.6 Å². The van der Waals surface area contributed by atoms with Crippen LogP contribution in [0.4, 0.5) is 40.8 Å². The van der Waals surface area contributed by atoms with Gasteiger partial charge < -0.3 is 74.0 Å². The lowest BCUT2D eigenvalue weighted by Gasteiger charge is -2.30. The summed E-state index contributed by atoms with van der Waals surface area (Å²) in [6.07, 6.45) is 11.5. The molecule has 8 heterocycles. The normalized spacial score (nSPS) is 16.8. The van der Waals surface area contributed by atoms with E-state index in [9.17, 15) is 57.4 Å². The van der Waals surface area contributed by atoms with Gasteiger partial charge in [-0.15, -0.1) is 0 Å². The minimum atomic E-state index is -0.739. The van der Waals surface area contributed by atoms with E-state index in [0.29, 0.717) is 140 Å². The Hall–Kier alpha value is -13.9. The fourth-order valence-corrected chi connectivity index (χ4v) is 17.7. The van der Waals surface area contributed by atoms with Crippen LogP contribution in [0.25, 0.3) is 44.5 Å². The Morgan fingerprint density at radius 3 is 0.891 bits per heavy atom. The molecule has 8 atom stereocenters. The van der Waals surface area contributed by atoms with Gasteiger partial charge in [-0.05, 0) is 239 Å². The predicted octanol–water partition coefficient (Wildman–Crippen LogP) is 17.7. The molecule has 4 aliphatic rings. The lowest BCUT2D eigenvalue weighted by Crippen LogP contribution is -2.35. The van der Waals surface area contributed by atoms with E-state index < -0.39 is 59.0 Å². The maximum absolute atomic E-state index is 15.0. The van der Waals surface area contributed by atoms with E-state index in [1.165, 1.54) is 48.5 Å². The van der Waals surface area contributed by atoms with Gasteiger partial charge in [-0.3, -0.25) is 38.4 Å². The standard InChI is InChI=1S/2C26H26ClFN4O3.2C26H26ClFN4O2/c2*1-32-13-17(6-8-24(32)34)18-10-21(25(29)30-12-18)15-5-7-20(22(28)11-15)26(35)31-23(14-33)16-3-2-4-19(27)9-16;2*1-15(16-4-3-5-20(27)10-16)31-26(34)21-7-6-18(12-23(21)28)22-11-19(14-30-25(22)29)17-8-9-32(2)24(33)13-17/h2*2-5,7,9-12,17,23,33H,6,8,13-14H2,1H3,(H2,29,30)(H,31,35);2*3-7,10-12,14-15,17H,8-9,13H2,1-2H3,(H2,29,30)(H,31,34)/t17?,23-;17-,23+;15-,17+;15-,17-/m1011/s1. The number of carbonyl (C=O) groups is 8. The molecule has 4 saturated heterocycles. The Morgan fingerprint density at radius 1 is 0.362 bits per heavy atom. The molecule has 0 aliphatic carbocycles. The Labute approximate surface area is 815 Å². The van der Waals surface area contributed by atoms with Gasteiger partial charge in [-0.25, -0.2) is 37.5 Å². The van der Waals surface area contributed by atoms with Gasteiger partial charge in [-0.2, -0.15) is 0 Å². The van der Waals surface area contributed by atoms with Crippen LogP contribution in [0.15, 0.2) is 219 Å². The molecule has 716 valence electrons. The molecule has 16 rings (SSSR count). The first-order chi connectivity index (χ1) is 66.0. The number of aliphatic hydroxyl groups is 2. The fourth-order valence-electron chi connectivity index (χ4n) is 16.9. The minimum Gasteiger partial charge on any atom is -0.394 e. The number of nitrogens with one attached hydrogen (secondary N) is 4. The number of pyridine rings is 4. The molecule has 0 saturated carbocycles. The van der Waals surface area contributed by atoms with Gasteiger partial charge in [0.05, 0.1) is 59.6 Å². The largest absolute Gasteiger partial charge is 0.394 e. The molecule has 8 aromatic carbocycles. The number of nitrogens with zero attached hydrogens (tertiary/aromatic N) is 8. The molecule has 0 spiro atoms. The highest BCUT2D eigenvalue weighted by molar-refractivity contribution is 6.31. The summed E-state index contributed by atoms with van der Waals surface area (Å²) < 4.78 is 60.1. The van der Waals surface area contributed by atoms with Crippen LogP contribution in [0.5, 0.6) is 0 Å². The average molecular weight is 1960 g/mol. The number of likely N-dealkylation sites (tertiary alicyclic amines) is 4. The van der Waals surface area contributed by atoms with Crippen molar-refractivity contribution >= 4 is 117 Å². The number of benzene rings is 8. The van der Waals surface area contributed by atoms with Crippen LogP contribution in [0.2, 0.25) is 20.1 Å². The number of carbonyl (C=O) groups excluding carboxylic acids is 8. The number of aliphatic hydroxyl groups excluding tert-OH is 2. The zero-order valence-corrected chi connectivity index (χ0v) is 79.4. The van der Waals surface area contributed by atoms with E-state index >= 15 is 8.78 Å². The first-order valence-electron chi connectivity index (χ1n) is 44.6. The number of anilines is 4. The summed E-state index contributed by atoms with van der Waals surface area (Å²) in [5.74, 6) is -3.45. The van der Waals surface area contributed by atoms with Crippen LogP contribution in [0.1, 0.15) is 199 Å². The van der Waals surface area contributed by atoms with E-state index in [-0.39, 0.29) is 118 Å². The van der Waals surface area contributed by atoms with Crippen LogP contribution >= 0.6 is 46.4 Å². The summed E-state index contributed by atoms with van der Waals surface area (Å²) in [6, 6.07) is 50.3. The molecule has 34 heteroatoms.